The molecule has 1 aromatic rings. The molecule has 0 saturated heterocycles. The van der Waals surface area contributed by atoms with Crippen LogP contribution in [0.4, 0.5) is 0 Å². The van der Waals surface area contributed by atoms with Crippen molar-refractivity contribution in [3.63, 3.8) is 0 Å². The average Bonchev–Trinajstić information content (AvgIpc) is 2.16. The predicted molar refractivity (Wildman–Crippen MR) is 63.8 cm³/mol. The number of hydrogen-bond acceptors (Lipinski definition) is 3. The fourth-order valence-electron chi connectivity index (χ4n) is 1.40. The Morgan fingerprint density at radius 2 is 1.94 bits per heavy atom. The van der Waals surface area contributed by atoms with Crippen LogP contribution in [0.15, 0.2) is 30.3 Å². The number of carbonyl (C=O) groups excluding carboxylic acids is 1. The highest BCUT2D eigenvalue weighted by molar-refractivity contribution is 5.71. The smallest absolute Gasteiger partial charge is 0.308 e. The van der Waals surface area contributed by atoms with Crippen LogP contribution in [0.5, 0.6) is 0 Å². The Bertz CT molecular complexity index is 341. The highest BCUT2D eigenvalue weighted by atomic mass is 16.5. The molecule has 16 heavy (non-hydrogen) atoms. The molecule has 1 unspecified atom stereocenters. The van der Waals surface area contributed by atoms with Gasteiger partial charge in [0.25, 0.3) is 0 Å². The van der Waals surface area contributed by atoms with Crippen molar-refractivity contribution in [3.05, 3.63) is 35.9 Å². The van der Waals surface area contributed by atoms with Crippen molar-refractivity contribution in [3.8, 4) is 0 Å². The van der Waals surface area contributed by atoms with Crippen LogP contribution in [0, 0.1) is 0 Å². The summed E-state index contributed by atoms with van der Waals surface area (Å²) < 4.78 is 5.29. The zero-order valence-corrected chi connectivity index (χ0v) is 10.1. The van der Waals surface area contributed by atoms with E-state index in [4.69, 9.17) is 10.5 Å². The summed E-state index contributed by atoms with van der Waals surface area (Å²) in [6, 6.07) is 9.65. The van der Waals surface area contributed by atoms with Gasteiger partial charge in [-0.3, -0.25) is 4.79 Å². The Hall–Kier alpha value is -1.35. The van der Waals surface area contributed by atoms with E-state index in [9.17, 15) is 4.79 Å². The molecule has 0 aliphatic rings. The lowest BCUT2D eigenvalue weighted by molar-refractivity contribution is -0.149. The molecule has 0 saturated carbocycles. The first-order valence-electron chi connectivity index (χ1n) is 5.42. The fourth-order valence-corrected chi connectivity index (χ4v) is 1.40. The van der Waals surface area contributed by atoms with Crippen molar-refractivity contribution in [2.45, 2.75) is 38.8 Å². The van der Waals surface area contributed by atoms with Gasteiger partial charge in [-0.15, -0.1) is 0 Å². The molecule has 3 heteroatoms. The van der Waals surface area contributed by atoms with Gasteiger partial charge in [0.05, 0.1) is 6.42 Å². The zero-order chi connectivity index (χ0) is 12.2. The van der Waals surface area contributed by atoms with Gasteiger partial charge in [-0.25, -0.2) is 0 Å². The van der Waals surface area contributed by atoms with E-state index in [1.807, 2.05) is 37.3 Å². The number of ether oxygens (including phenoxy) is 1. The van der Waals surface area contributed by atoms with E-state index < -0.39 is 5.54 Å². The standard InChI is InChI=1S/C13H19NO2/c1-10(11-7-5-4-6-8-11)16-12(15)9-13(2,3)14/h4-8,10H,9,14H2,1-3H3. The summed E-state index contributed by atoms with van der Waals surface area (Å²) in [6.45, 7) is 5.47. The van der Waals surface area contributed by atoms with Gasteiger partial charge in [-0.1, -0.05) is 30.3 Å². The maximum absolute atomic E-state index is 11.5. The molecule has 0 aromatic heterocycles. The normalized spacial score (nSPS) is 13.2. The van der Waals surface area contributed by atoms with Crippen LogP contribution in [0.2, 0.25) is 0 Å². The molecule has 3 nitrogen and oxygen atoms in total. The van der Waals surface area contributed by atoms with Gasteiger partial charge in [-0.2, -0.15) is 0 Å². The maximum Gasteiger partial charge on any atom is 0.308 e. The lowest BCUT2D eigenvalue weighted by Gasteiger charge is -2.19. The van der Waals surface area contributed by atoms with Gasteiger partial charge in [0.1, 0.15) is 6.10 Å². The fraction of sp³-hybridized carbons (Fsp3) is 0.462. The molecule has 1 atom stereocenters. The molecule has 1 rings (SSSR count). The Morgan fingerprint density at radius 3 is 2.44 bits per heavy atom. The molecule has 0 aliphatic carbocycles. The van der Waals surface area contributed by atoms with Crippen molar-refractivity contribution in [2.75, 3.05) is 0 Å². The second-order valence-electron chi connectivity index (χ2n) is 4.71. The molecule has 0 spiro atoms. The van der Waals surface area contributed by atoms with Crippen LogP contribution in [0.3, 0.4) is 0 Å². The SMILES string of the molecule is CC(OC(=O)CC(C)(C)N)c1ccccc1. The summed E-state index contributed by atoms with van der Waals surface area (Å²) in [5.74, 6) is -0.260. The lowest BCUT2D eigenvalue weighted by Crippen LogP contribution is -2.35. The Balaban J connectivity index is 2.52. The van der Waals surface area contributed by atoms with E-state index in [0.717, 1.165) is 5.56 Å². The molecule has 0 fully saturated rings. The van der Waals surface area contributed by atoms with Gasteiger partial charge < -0.3 is 10.5 Å². The van der Waals surface area contributed by atoms with Gasteiger partial charge in [0, 0.05) is 5.54 Å². The van der Waals surface area contributed by atoms with Gasteiger partial charge in [-0.05, 0) is 26.3 Å². The third-order valence-corrected chi connectivity index (χ3v) is 2.18. The number of rotatable bonds is 4. The van der Waals surface area contributed by atoms with Crippen LogP contribution in [0.25, 0.3) is 0 Å². The summed E-state index contributed by atoms with van der Waals surface area (Å²) >= 11 is 0. The molecular weight excluding hydrogens is 202 g/mol. The molecule has 1 aromatic carbocycles. The van der Waals surface area contributed by atoms with E-state index in [2.05, 4.69) is 0 Å². The summed E-state index contributed by atoms with van der Waals surface area (Å²) in [5.41, 5.74) is 6.22. The quantitative estimate of drug-likeness (QED) is 0.794. The molecule has 88 valence electrons. The molecule has 0 aliphatic heterocycles. The van der Waals surface area contributed by atoms with Crippen molar-refractivity contribution in [2.24, 2.45) is 5.73 Å². The van der Waals surface area contributed by atoms with Crippen LogP contribution in [-0.2, 0) is 9.53 Å². The van der Waals surface area contributed by atoms with Gasteiger partial charge in [0.15, 0.2) is 0 Å². The molecule has 0 bridgehead atoms. The van der Waals surface area contributed by atoms with Crippen molar-refractivity contribution >= 4 is 5.97 Å². The number of benzene rings is 1. The Labute approximate surface area is 96.6 Å². The second kappa shape index (κ2) is 5.12. The minimum atomic E-state index is -0.520. The number of carbonyl (C=O) groups is 1. The Kier molecular flexibility index (Phi) is 4.07. The van der Waals surface area contributed by atoms with Gasteiger partial charge >= 0.3 is 5.97 Å². The van der Waals surface area contributed by atoms with Gasteiger partial charge in [0.2, 0.25) is 0 Å². The van der Waals surface area contributed by atoms with Crippen LogP contribution in [0.1, 0.15) is 38.9 Å². The van der Waals surface area contributed by atoms with Crippen LogP contribution >= 0.6 is 0 Å². The van der Waals surface area contributed by atoms with Crippen molar-refractivity contribution in [1.82, 2.24) is 0 Å². The summed E-state index contributed by atoms with van der Waals surface area (Å²) in [6.07, 6.45) is 0.000483. The minimum Gasteiger partial charge on any atom is -0.458 e. The van der Waals surface area contributed by atoms with E-state index in [0.29, 0.717) is 0 Å². The number of hydrogen-bond donors (Lipinski definition) is 1. The largest absolute Gasteiger partial charge is 0.458 e. The van der Waals surface area contributed by atoms with Crippen LogP contribution in [-0.4, -0.2) is 11.5 Å². The molecule has 2 N–H and O–H groups in total. The molecule has 0 radical (unpaired) electrons. The maximum atomic E-state index is 11.5. The Morgan fingerprint density at radius 1 is 1.38 bits per heavy atom. The second-order valence-corrected chi connectivity index (χ2v) is 4.71. The summed E-state index contributed by atoms with van der Waals surface area (Å²) in [5, 5.41) is 0. The number of nitrogens with two attached hydrogens (primary N) is 1. The first-order valence-corrected chi connectivity index (χ1v) is 5.42. The predicted octanol–water partition coefficient (Wildman–Crippen LogP) is 2.42. The highest BCUT2D eigenvalue weighted by Gasteiger charge is 2.19. The molecular formula is C13H19NO2. The average molecular weight is 221 g/mol. The summed E-state index contributed by atoms with van der Waals surface area (Å²) in [7, 11) is 0. The number of esters is 1. The molecule has 0 amide bonds. The first-order chi connectivity index (χ1) is 7.38. The van der Waals surface area contributed by atoms with E-state index >= 15 is 0 Å². The highest BCUT2D eigenvalue weighted by Crippen LogP contribution is 2.17. The molecule has 0 heterocycles. The topological polar surface area (TPSA) is 52.3 Å². The van der Waals surface area contributed by atoms with Crippen molar-refractivity contribution in [1.29, 1.82) is 0 Å². The van der Waals surface area contributed by atoms with E-state index in [-0.39, 0.29) is 18.5 Å². The summed E-state index contributed by atoms with van der Waals surface area (Å²) in [4.78, 5) is 11.5. The first kappa shape index (κ1) is 12.7. The van der Waals surface area contributed by atoms with E-state index in [1.165, 1.54) is 0 Å². The van der Waals surface area contributed by atoms with Crippen molar-refractivity contribution < 1.29 is 9.53 Å². The zero-order valence-electron chi connectivity index (χ0n) is 10.1. The monoisotopic (exact) mass is 221 g/mol. The van der Waals surface area contributed by atoms with Crippen LogP contribution < -0.4 is 5.73 Å². The van der Waals surface area contributed by atoms with E-state index in [1.54, 1.807) is 13.8 Å². The third-order valence-electron chi connectivity index (χ3n) is 2.18. The third kappa shape index (κ3) is 4.45. The minimum absolute atomic E-state index is 0.226. The lowest BCUT2D eigenvalue weighted by atomic mass is 10.0.